The number of benzene rings is 3. The van der Waals surface area contributed by atoms with E-state index in [4.69, 9.17) is 11.6 Å². The summed E-state index contributed by atoms with van der Waals surface area (Å²) in [5.41, 5.74) is 4.33. The van der Waals surface area contributed by atoms with Gasteiger partial charge in [-0.2, -0.15) is 9.41 Å². The minimum atomic E-state index is -3.97. The molecule has 0 aliphatic rings. The first-order chi connectivity index (χ1) is 15.2. The fraction of sp³-hybridized carbons (Fsp3) is 0.130. The first kappa shape index (κ1) is 23.6. The molecule has 0 aliphatic carbocycles. The molecule has 3 rings (SSSR count). The second kappa shape index (κ2) is 10.5. The molecule has 1 N–H and O–H groups in total. The zero-order chi connectivity index (χ0) is 23.1. The van der Waals surface area contributed by atoms with E-state index in [9.17, 15) is 17.6 Å². The van der Waals surface area contributed by atoms with Crippen LogP contribution in [0.1, 0.15) is 16.7 Å². The number of carbonyl (C=O) groups excluding carboxylic acids is 1. The summed E-state index contributed by atoms with van der Waals surface area (Å²) in [6, 6.07) is 18.7. The lowest BCUT2D eigenvalue weighted by Gasteiger charge is -2.21. The molecule has 0 atom stereocenters. The number of nitrogens with one attached hydrogen (secondary N) is 1. The fourth-order valence-corrected chi connectivity index (χ4v) is 4.35. The molecule has 166 valence electrons. The Morgan fingerprint density at radius 2 is 1.78 bits per heavy atom. The number of rotatable bonds is 8. The highest BCUT2D eigenvalue weighted by Crippen LogP contribution is 2.20. The molecule has 0 saturated carbocycles. The Morgan fingerprint density at radius 1 is 1.09 bits per heavy atom. The van der Waals surface area contributed by atoms with Crippen LogP contribution in [0.3, 0.4) is 0 Å². The van der Waals surface area contributed by atoms with Gasteiger partial charge in [0.15, 0.2) is 0 Å². The first-order valence-electron chi connectivity index (χ1n) is 9.63. The van der Waals surface area contributed by atoms with Gasteiger partial charge in [-0.15, -0.1) is 0 Å². The summed E-state index contributed by atoms with van der Waals surface area (Å²) in [7, 11) is -3.97. The van der Waals surface area contributed by atoms with Crippen molar-refractivity contribution in [3.05, 3.63) is 100 Å². The van der Waals surface area contributed by atoms with Gasteiger partial charge in [0, 0.05) is 11.6 Å². The summed E-state index contributed by atoms with van der Waals surface area (Å²) in [5, 5.41) is 4.31. The molecule has 32 heavy (non-hydrogen) atoms. The lowest BCUT2D eigenvalue weighted by molar-refractivity contribution is -0.121. The van der Waals surface area contributed by atoms with Crippen LogP contribution in [0.15, 0.2) is 82.8 Å². The summed E-state index contributed by atoms with van der Waals surface area (Å²) in [4.78, 5) is 12.5. The molecule has 0 unspecified atom stereocenters. The van der Waals surface area contributed by atoms with E-state index in [1.54, 1.807) is 42.5 Å². The van der Waals surface area contributed by atoms with E-state index in [0.29, 0.717) is 16.1 Å². The molecule has 0 saturated heterocycles. The van der Waals surface area contributed by atoms with Crippen LogP contribution in [0.2, 0.25) is 5.02 Å². The molecule has 0 spiro atoms. The first-order valence-corrected chi connectivity index (χ1v) is 11.4. The quantitative estimate of drug-likeness (QED) is 0.394. The standard InChI is InChI=1S/C23H21ClFN3O3S/c1-17-5-11-22(12-6-17)32(30,31)28(15-18-7-9-20(24)10-8-18)16-23(29)27-26-14-19-3-2-4-21(25)13-19/h2-14H,15-16H2,1H3,(H,27,29)/b26-14-. The largest absolute Gasteiger partial charge is 0.272 e. The van der Waals surface area contributed by atoms with E-state index in [-0.39, 0.29) is 11.4 Å². The average molecular weight is 474 g/mol. The van der Waals surface area contributed by atoms with Gasteiger partial charge in [-0.3, -0.25) is 4.79 Å². The molecule has 0 bridgehead atoms. The second-order valence-corrected chi connectivity index (χ2v) is 9.44. The molecule has 3 aromatic carbocycles. The Balaban J connectivity index is 1.79. The third-order valence-electron chi connectivity index (χ3n) is 4.50. The Labute approximate surface area is 191 Å². The lowest BCUT2D eigenvalue weighted by Crippen LogP contribution is -2.39. The van der Waals surface area contributed by atoms with Crippen LogP contribution >= 0.6 is 11.6 Å². The number of hydrazone groups is 1. The third-order valence-corrected chi connectivity index (χ3v) is 6.56. The van der Waals surface area contributed by atoms with E-state index in [0.717, 1.165) is 9.87 Å². The predicted octanol–water partition coefficient (Wildman–Crippen LogP) is 4.13. The molecule has 0 aliphatic heterocycles. The third kappa shape index (κ3) is 6.46. The van der Waals surface area contributed by atoms with E-state index < -0.39 is 28.3 Å². The predicted molar refractivity (Wildman–Crippen MR) is 122 cm³/mol. The SMILES string of the molecule is Cc1ccc(S(=O)(=O)N(CC(=O)N/N=C\c2cccc(F)c2)Cc2ccc(Cl)cc2)cc1. The van der Waals surface area contributed by atoms with Crippen molar-refractivity contribution in [2.24, 2.45) is 5.10 Å². The maximum atomic E-state index is 13.2. The molecular weight excluding hydrogens is 453 g/mol. The van der Waals surface area contributed by atoms with E-state index in [1.165, 1.54) is 36.5 Å². The normalized spacial score (nSPS) is 11.8. The van der Waals surface area contributed by atoms with Crippen LogP contribution in [0, 0.1) is 12.7 Å². The van der Waals surface area contributed by atoms with Gasteiger partial charge in [-0.25, -0.2) is 18.2 Å². The van der Waals surface area contributed by atoms with Crippen molar-refractivity contribution in [2.75, 3.05) is 6.54 Å². The van der Waals surface area contributed by atoms with Crippen LogP contribution in [-0.4, -0.2) is 31.4 Å². The maximum Gasteiger partial charge on any atom is 0.255 e. The zero-order valence-corrected chi connectivity index (χ0v) is 18.8. The second-order valence-electron chi connectivity index (χ2n) is 7.06. The molecule has 9 heteroatoms. The maximum absolute atomic E-state index is 13.2. The molecule has 3 aromatic rings. The lowest BCUT2D eigenvalue weighted by atomic mass is 10.2. The highest BCUT2D eigenvalue weighted by atomic mass is 35.5. The number of amides is 1. The number of sulfonamides is 1. The number of hydrogen-bond acceptors (Lipinski definition) is 4. The molecule has 1 amide bonds. The van der Waals surface area contributed by atoms with Crippen LogP contribution in [-0.2, 0) is 21.4 Å². The highest BCUT2D eigenvalue weighted by molar-refractivity contribution is 7.89. The van der Waals surface area contributed by atoms with Crippen molar-refractivity contribution in [3.63, 3.8) is 0 Å². The van der Waals surface area contributed by atoms with Crippen LogP contribution in [0.5, 0.6) is 0 Å². The molecule has 0 heterocycles. The van der Waals surface area contributed by atoms with Crippen LogP contribution < -0.4 is 5.43 Å². The number of halogens is 2. The van der Waals surface area contributed by atoms with Crippen molar-refractivity contribution >= 4 is 33.7 Å². The number of hydrogen-bond donors (Lipinski definition) is 1. The van der Waals surface area contributed by atoms with Crippen molar-refractivity contribution in [1.82, 2.24) is 9.73 Å². The van der Waals surface area contributed by atoms with Gasteiger partial charge in [-0.1, -0.05) is 53.6 Å². The van der Waals surface area contributed by atoms with Gasteiger partial charge in [0.25, 0.3) is 5.91 Å². The summed E-state index contributed by atoms with van der Waals surface area (Å²) in [6.45, 7) is 1.36. The Morgan fingerprint density at radius 3 is 2.44 bits per heavy atom. The zero-order valence-electron chi connectivity index (χ0n) is 17.2. The number of aryl methyl sites for hydroxylation is 1. The highest BCUT2D eigenvalue weighted by Gasteiger charge is 2.27. The van der Waals surface area contributed by atoms with Gasteiger partial charge in [0.1, 0.15) is 5.82 Å². The Kier molecular flexibility index (Phi) is 7.74. The molecular formula is C23H21ClFN3O3S. The fourth-order valence-electron chi connectivity index (χ4n) is 2.84. The smallest absolute Gasteiger partial charge is 0.255 e. The molecule has 0 aromatic heterocycles. The van der Waals surface area contributed by atoms with E-state index in [2.05, 4.69) is 10.5 Å². The van der Waals surface area contributed by atoms with Crippen molar-refractivity contribution in [3.8, 4) is 0 Å². The van der Waals surface area contributed by atoms with Gasteiger partial charge < -0.3 is 0 Å². The molecule has 0 radical (unpaired) electrons. The summed E-state index contributed by atoms with van der Waals surface area (Å²) >= 11 is 5.92. The van der Waals surface area contributed by atoms with Crippen LogP contribution in [0.25, 0.3) is 0 Å². The average Bonchev–Trinajstić information content (AvgIpc) is 2.75. The van der Waals surface area contributed by atoms with Crippen molar-refractivity contribution < 1.29 is 17.6 Å². The van der Waals surface area contributed by atoms with Gasteiger partial charge >= 0.3 is 0 Å². The minimum Gasteiger partial charge on any atom is -0.272 e. The van der Waals surface area contributed by atoms with Gasteiger partial charge in [-0.05, 0) is 54.4 Å². The van der Waals surface area contributed by atoms with E-state index in [1.807, 2.05) is 6.92 Å². The van der Waals surface area contributed by atoms with Crippen molar-refractivity contribution in [1.29, 1.82) is 0 Å². The Bertz CT molecular complexity index is 1210. The van der Waals surface area contributed by atoms with Crippen LogP contribution in [0.4, 0.5) is 4.39 Å². The summed E-state index contributed by atoms with van der Waals surface area (Å²) in [6.07, 6.45) is 1.28. The van der Waals surface area contributed by atoms with Gasteiger partial charge in [0.05, 0.1) is 17.7 Å². The summed E-state index contributed by atoms with van der Waals surface area (Å²) in [5.74, 6) is -1.07. The molecule has 0 fully saturated rings. The Hall–Kier alpha value is -3.07. The molecule has 6 nitrogen and oxygen atoms in total. The van der Waals surface area contributed by atoms with E-state index >= 15 is 0 Å². The number of carbonyl (C=O) groups is 1. The van der Waals surface area contributed by atoms with Gasteiger partial charge in [0.2, 0.25) is 10.0 Å². The number of nitrogens with zero attached hydrogens (tertiary/aromatic N) is 2. The minimum absolute atomic E-state index is 0.0333. The topological polar surface area (TPSA) is 78.8 Å². The van der Waals surface area contributed by atoms with Crippen molar-refractivity contribution in [2.45, 2.75) is 18.4 Å². The monoisotopic (exact) mass is 473 g/mol. The summed E-state index contributed by atoms with van der Waals surface area (Å²) < 4.78 is 40.8.